The number of H-pyrrole nitrogens is 1. The third-order valence-electron chi connectivity index (χ3n) is 5.84. The van der Waals surface area contributed by atoms with E-state index in [4.69, 9.17) is 9.47 Å². The van der Waals surface area contributed by atoms with Gasteiger partial charge in [0.05, 0.1) is 28.7 Å². The number of aromatic nitrogens is 1. The molecule has 0 amide bonds. The van der Waals surface area contributed by atoms with Crippen LogP contribution >= 0.6 is 0 Å². The molecule has 32 heavy (non-hydrogen) atoms. The van der Waals surface area contributed by atoms with Crippen molar-refractivity contribution < 1.29 is 17.9 Å². The van der Waals surface area contributed by atoms with Gasteiger partial charge in [0.15, 0.2) is 0 Å². The molecule has 0 atom stereocenters. The number of likely N-dealkylation sites (tertiary alicyclic amines) is 1. The molecule has 2 heterocycles. The van der Waals surface area contributed by atoms with Crippen LogP contribution in [0, 0.1) is 0 Å². The Kier molecular flexibility index (Phi) is 6.35. The van der Waals surface area contributed by atoms with Crippen molar-refractivity contribution in [3.8, 4) is 11.5 Å². The maximum atomic E-state index is 13.6. The van der Waals surface area contributed by atoms with E-state index in [1.54, 1.807) is 37.6 Å². The Hall–Kier alpha value is -2.71. The zero-order valence-electron chi connectivity index (χ0n) is 19.0. The van der Waals surface area contributed by atoms with E-state index in [-0.39, 0.29) is 21.9 Å². The maximum Gasteiger partial charge on any atom is 0.208 e. The van der Waals surface area contributed by atoms with Crippen molar-refractivity contribution in [3.63, 3.8) is 0 Å². The Morgan fingerprint density at radius 2 is 1.88 bits per heavy atom. The number of nitrogens with zero attached hydrogens (tertiary/aromatic N) is 1. The number of methoxy groups -OCH3 is 1. The van der Waals surface area contributed by atoms with Crippen molar-refractivity contribution in [1.82, 2.24) is 9.88 Å². The van der Waals surface area contributed by atoms with Crippen LogP contribution in [0.2, 0.25) is 0 Å². The number of aromatic amines is 1. The SMILES string of the molecule is COc1ccc(S(=O)(=O)c2c[nH]c3ccc(OC(C)C)cc23)cc1NC1CCN(C)CC1. The highest BCUT2D eigenvalue weighted by atomic mass is 32.2. The first kappa shape index (κ1) is 22.5. The largest absolute Gasteiger partial charge is 0.495 e. The first-order valence-corrected chi connectivity index (χ1v) is 12.4. The molecule has 0 unspecified atom stereocenters. The zero-order valence-corrected chi connectivity index (χ0v) is 19.8. The van der Waals surface area contributed by atoms with Gasteiger partial charge in [-0.1, -0.05) is 0 Å². The summed E-state index contributed by atoms with van der Waals surface area (Å²) in [5.74, 6) is 1.28. The second kappa shape index (κ2) is 9.03. The number of benzene rings is 2. The summed E-state index contributed by atoms with van der Waals surface area (Å²) in [7, 11) is -0.0447. The molecule has 0 spiro atoms. The van der Waals surface area contributed by atoms with Crippen LogP contribution in [0.15, 0.2) is 52.4 Å². The van der Waals surface area contributed by atoms with E-state index in [0.29, 0.717) is 22.6 Å². The summed E-state index contributed by atoms with van der Waals surface area (Å²) in [4.78, 5) is 5.83. The molecule has 0 saturated carbocycles. The van der Waals surface area contributed by atoms with E-state index in [9.17, 15) is 8.42 Å². The van der Waals surface area contributed by atoms with E-state index < -0.39 is 9.84 Å². The molecular formula is C24H31N3O4S. The molecule has 172 valence electrons. The van der Waals surface area contributed by atoms with Gasteiger partial charge in [-0.05, 0) is 83.2 Å². The fourth-order valence-corrected chi connectivity index (χ4v) is 5.56. The minimum atomic E-state index is -3.76. The zero-order chi connectivity index (χ0) is 22.9. The maximum absolute atomic E-state index is 13.6. The molecule has 3 aromatic rings. The average Bonchev–Trinajstić information content (AvgIpc) is 3.19. The smallest absolute Gasteiger partial charge is 0.208 e. The van der Waals surface area contributed by atoms with Gasteiger partial charge in [0.2, 0.25) is 9.84 Å². The van der Waals surface area contributed by atoms with Crippen molar-refractivity contribution in [2.45, 2.75) is 48.6 Å². The minimum absolute atomic E-state index is 0.00115. The lowest BCUT2D eigenvalue weighted by atomic mass is 10.1. The molecule has 4 rings (SSSR count). The Labute approximate surface area is 189 Å². The highest BCUT2D eigenvalue weighted by molar-refractivity contribution is 7.91. The van der Waals surface area contributed by atoms with Crippen molar-refractivity contribution in [1.29, 1.82) is 0 Å². The van der Waals surface area contributed by atoms with Crippen LogP contribution in [0.4, 0.5) is 5.69 Å². The Balaban J connectivity index is 1.69. The van der Waals surface area contributed by atoms with Crippen molar-refractivity contribution in [2.75, 3.05) is 32.6 Å². The van der Waals surface area contributed by atoms with Crippen LogP contribution in [0.1, 0.15) is 26.7 Å². The van der Waals surface area contributed by atoms with Crippen LogP contribution in [-0.4, -0.2) is 57.7 Å². The van der Waals surface area contributed by atoms with E-state index in [1.807, 2.05) is 26.0 Å². The Morgan fingerprint density at radius 1 is 1.12 bits per heavy atom. The van der Waals surface area contributed by atoms with Gasteiger partial charge < -0.3 is 24.7 Å². The number of hydrogen-bond acceptors (Lipinski definition) is 6. The molecule has 2 aromatic carbocycles. The Bertz CT molecular complexity index is 1200. The molecule has 0 radical (unpaired) electrons. The van der Waals surface area contributed by atoms with E-state index in [2.05, 4.69) is 22.2 Å². The summed E-state index contributed by atoms with van der Waals surface area (Å²) in [5.41, 5.74) is 1.45. The van der Waals surface area contributed by atoms with Crippen LogP contribution in [0.3, 0.4) is 0 Å². The number of fused-ring (bicyclic) bond motifs is 1. The molecule has 1 aliphatic heterocycles. The standard InChI is InChI=1S/C24H31N3O4S/c1-16(2)31-18-5-7-21-20(13-18)24(15-25-21)32(28,29)19-6-8-23(30-4)22(14-19)26-17-9-11-27(3)12-10-17/h5-8,13-17,25-26H,9-12H2,1-4H3. The first-order valence-electron chi connectivity index (χ1n) is 10.9. The van der Waals surface area contributed by atoms with Gasteiger partial charge in [0.25, 0.3) is 0 Å². The average molecular weight is 458 g/mol. The summed E-state index contributed by atoms with van der Waals surface area (Å²) < 4.78 is 38.5. The molecule has 0 bridgehead atoms. The highest BCUT2D eigenvalue weighted by Gasteiger charge is 2.25. The fourth-order valence-electron chi connectivity index (χ4n) is 4.11. The second-order valence-corrected chi connectivity index (χ2v) is 10.5. The number of hydrogen-bond donors (Lipinski definition) is 2. The van der Waals surface area contributed by atoms with Crippen LogP contribution in [-0.2, 0) is 9.84 Å². The third-order valence-corrected chi connectivity index (χ3v) is 7.63. The molecule has 0 aliphatic carbocycles. The molecular weight excluding hydrogens is 426 g/mol. The summed E-state index contributed by atoms with van der Waals surface area (Å²) in [6.45, 7) is 5.90. The lowest BCUT2D eigenvalue weighted by molar-refractivity contribution is 0.243. The monoisotopic (exact) mass is 457 g/mol. The second-order valence-electron chi connectivity index (χ2n) is 8.61. The molecule has 2 N–H and O–H groups in total. The highest BCUT2D eigenvalue weighted by Crippen LogP contribution is 2.35. The van der Waals surface area contributed by atoms with E-state index in [1.165, 1.54) is 0 Å². The molecule has 1 aliphatic rings. The van der Waals surface area contributed by atoms with Gasteiger partial charge in [-0.25, -0.2) is 8.42 Å². The fraction of sp³-hybridized carbons (Fsp3) is 0.417. The van der Waals surface area contributed by atoms with Gasteiger partial charge in [0.1, 0.15) is 11.5 Å². The number of piperidine rings is 1. The van der Waals surface area contributed by atoms with Crippen molar-refractivity contribution >= 4 is 26.4 Å². The third kappa shape index (κ3) is 4.56. The molecule has 8 heteroatoms. The normalized spacial score (nSPS) is 15.9. The van der Waals surface area contributed by atoms with Gasteiger partial charge in [-0.2, -0.15) is 0 Å². The van der Waals surface area contributed by atoms with Gasteiger partial charge >= 0.3 is 0 Å². The number of sulfone groups is 1. The number of ether oxygens (including phenoxy) is 2. The molecule has 1 fully saturated rings. The molecule has 7 nitrogen and oxygen atoms in total. The van der Waals surface area contributed by atoms with Crippen molar-refractivity contribution in [2.24, 2.45) is 0 Å². The Morgan fingerprint density at radius 3 is 2.56 bits per heavy atom. The summed E-state index contributed by atoms with van der Waals surface area (Å²) >= 11 is 0. The predicted octanol–water partition coefficient (Wildman–Crippen LogP) is 4.30. The van der Waals surface area contributed by atoms with Gasteiger partial charge in [-0.15, -0.1) is 0 Å². The lowest BCUT2D eigenvalue weighted by Crippen LogP contribution is -2.36. The van der Waals surface area contributed by atoms with Crippen LogP contribution < -0.4 is 14.8 Å². The topological polar surface area (TPSA) is 83.7 Å². The van der Waals surface area contributed by atoms with E-state index >= 15 is 0 Å². The summed E-state index contributed by atoms with van der Waals surface area (Å²) in [5, 5.41) is 4.12. The van der Waals surface area contributed by atoms with Crippen LogP contribution in [0.5, 0.6) is 11.5 Å². The number of anilines is 1. The van der Waals surface area contributed by atoms with Gasteiger partial charge in [-0.3, -0.25) is 0 Å². The first-order chi connectivity index (χ1) is 15.3. The lowest BCUT2D eigenvalue weighted by Gasteiger charge is -2.30. The van der Waals surface area contributed by atoms with Crippen LogP contribution in [0.25, 0.3) is 10.9 Å². The summed E-state index contributed by atoms with van der Waals surface area (Å²) in [6, 6.07) is 10.7. The van der Waals surface area contributed by atoms with Crippen molar-refractivity contribution in [3.05, 3.63) is 42.6 Å². The predicted molar refractivity (Wildman–Crippen MR) is 127 cm³/mol. The quantitative estimate of drug-likeness (QED) is 0.550. The van der Waals surface area contributed by atoms with E-state index in [0.717, 1.165) is 31.4 Å². The summed E-state index contributed by atoms with van der Waals surface area (Å²) in [6.07, 6.45) is 3.55. The number of nitrogens with one attached hydrogen (secondary N) is 2. The molecule has 1 saturated heterocycles. The minimum Gasteiger partial charge on any atom is -0.495 e. The van der Waals surface area contributed by atoms with Gasteiger partial charge in [0, 0.05) is 23.1 Å². The number of rotatable bonds is 7. The molecule has 1 aromatic heterocycles.